The molecule has 0 bridgehead atoms. The summed E-state index contributed by atoms with van der Waals surface area (Å²) < 4.78 is 6.44. The van der Waals surface area contributed by atoms with Crippen LogP contribution in [0.5, 0.6) is 5.75 Å². The number of hydrogen-bond acceptors (Lipinski definition) is 2. The van der Waals surface area contributed by atoms with E-state index in [0.29, 0.717) is 11.8 Å². The smallest absolute Gasteiger partial charge is 0.123 e. The molecule has 2 nitrogen and oxygen atoms in total. The predicted octanol–water partition coefficient (Wildman–Crippen LogP) is 7.34. The fourth-order valence-corrected chi connectivity index (χ4v) is 5.31. The molecule has 1 heterocycles. The van der Waals surface area contributed by atoms with Crippen LogP contribution in [0.2, 0.25) is 0 Å². The van der Waals surface area contributed by atoms with E-state index in [1.54, 1.807) is 0 Å². The zero-order chi connectivity index (χ0) is 22.8. The Morgan fingerprint density at radius 3 is 2.55 bits per heavy atom. The topological polar surface area (TPSA) is 21.3 Å². The fraction of sp³-hybridized carbons (Fsp3) is 0.290. The molecule has 2 atom stereocenters. The lowest BCUT2D eigenvalue weighted by atomic mass is 9.82. The van der Waals surface area contributed by atoms with Gasteiger partial charge in [0.05, 0.1) is 0 Å². The summed E-state index contributed by atoms with van der Waals surface area (Å²) >= 11 is 0. The van der Waals surface area contributed by atoms with Crippen LogP contribution in [-0.2, 0) is 6.54 Å². The zero-order valence-corrected chi connectivity index (χ0v) is 19.8. The van der Waals surface area contributed by atoms with Crippen molar-refractivity contribution in [1.29, 1.82) is 0 Å². The lowest BCUT2D eigenvalue weighted by molar-refractivity contribution is 0.162. The van der Waals surface area contributed by atoms with Gasteiger partial charge in [0.2, 0.25) is 0 Å². The third-order valence-corrected chi connectivity index (χ3v) is 6.97. The van der Waals surface area contributed by atoms with Crippen LogP contribution in [0.4, 0.5) is 0 Å². The number of para-hydroxylation sites is 1. The maximum absolute atomic E-state index is 6.44. The summed E-state index contributed by atoms with van der Waals surface area (Å²) in [5.41, 5.74) is 6.86. The summed E-state index contributed by atoms with van der Waals surface area (Å²) in [6.07, 6.45) is 1.13. The quantitative estimate of drug-likeness (QED) is 0.342. The molecule has 5 rings (SSSR count). The second-order valence-electron chi connectivity index (χ2n) is 9.61. The first-order valence-corrected chi connectivity index (χ1v) is 12.1. The molecule has 33 heavy (non-hydrogen) atoms. The van der Waals surface area contributed by atoms with Gasteiger partial charge in [-0.05, 0) is 58.4 Å². The van der Waals surface area contributed by atoms with E-state index in [9.17, 15) is 0 Å². The average molecular weight is 436 g/mol. The summed E-state index contributed by atoms with van der Waals surface area (Å²) in [6.45, 7) is 8.45. The van der Waals surface area contributed by atoms with Crippen LogP contribution in [0.3, 0.4) is 0 Å². The van der Waals surface area contributed by atoms with Crippen LogP contribution in [-0.4, -0.2) is 12.6 Å². The minimum Gasteiger partial charge on any atom is -0.489 e. The Hall–Kier alpha value is -3.10. The van der Waals surface area contributed by atoms with Crippen molar-refractivity contribution >= 4 is 10.8 Å². The highest BCUT2D eigenvalue weighted by Gasteiger charge is 2.29. The molecule has 2 heteroatoms. The molecule has 168 valence electrons. The van der Waals surface area contributed by atoms with E-state index in [1.807, 2.05) is 0 Å². The molecule has 1 aliphatic heterocycles. The number of nitrogens with one attached hydrogen (secondary N) is 1. The number of fused-ring (bicyclic) bond motifs is 2. The summed E-state index contributed by atoms with van der Waals surface area (Å²) in [4.78, 5) is 0. The molecule has 0 aromatic heterocycles. The molecule has 0 aliphatic carbocycles. The third kappa shape index (κ3) is 4.54. The highest BCUT2D eigenvalue weighted by Crippen LogP contribution is 2.41. The van der Waals surface area contributed by atoms with Crippen molar-refractivity contribution in [2.75, 3.05) is 6.54 Å². The molecular weight excluding hydrogens is 402 g/mol. The Morgan fingerprint density at radius 1 is 0.909 bits per heavy atom. The highest BCUT2D eigenvalue weighted by atomic mass is 16.5. The molecule has 4 aromatic carbocycles. The molecule has 0 spiro atoms. The Balaban J connectivity index is 1.34. The second-order valence-corrected chi connectivity index (χ2v) is 9.61. The highest BCUT2D eigenvalue weighted by molar-refractivity contribution is 5.85. The molecule has 1 aliphatic rings. The first-order valence-electron chi connectivity index (χ1n) is 12.1. The lowest BCUT2D eigenvalue weighted by Crippen LogP contribution is -2.35. The molecule has 4 aromatic rings. The van der Waals surface area contributed by atoms with Crippen LogP contribution in [0.15, 0.2) is 84.9 Å². The van der Waals surface area contributed by atoms with E-state index in [-0.39, 0.29) is 6.10 Å². The summed E-state index contributed by atoms with van der Waals surface area (Å²) in [5, 5.41) is 6.29. The van der Waals surface area contributed by atoms with Crippen LogP contribution in [0.25, 0.3) is 10.8 Å². The second kappa shape index (κ2) is 9.41. The van der Waals surface area contributed by atoms with Crippen molar-refractivity contribution in [3.8, 4) is 5.75 Å². The largest absolute Gasteiger partial charge is 0.489 e. The Morgan fingerprint density at radius 2 is 1.70 bits per heavy atom. The normalized spacial score (nSPS) is 17.7. The van der Waals surface area contributed by atoms with Gasteiger partial charge in [0.15, 0.2) is 0 Å². The van der Waals surface area contributed by atoms with E-state index in [4.69, 9.17) is 4.74 Å². The Labute approximate surface area is 197 Å². The minimum atomic E-state index is 0.143. The van der Waals surface area contributed by atoms with Crippen LogP contribution in [0.1, 0.15) is 59.9 Å². The number of rotatable bonds is 6. The van der Waals surface area contributed by atoms with Crippen molar-refractivity contribution in [3.63, 3.8) is 0 Å². The summed E-state index contributed by atoms with van der Waals surface area (Å²) in [5.74, 6) is 1.93. The first-order chi connectivity index (χ1) is 16.1. The molecule has 0 radical (unpaired) electrons. The van der Waals surface area contributed by atoms with Gasteiger partial charge in [-0.25, -0.2) is 0 Å². The monoisotopic (exact) mass is 435 g/mol. The molecular formula is C31H33NO. The fourth-order valence-electron chi connectivity index (χ4n) is 5.31. The molecule has 0 saturated carbocycles. The SMILES string of the molecule is Cc1cc(C2CC(CNCc3cccc4ccccc34)Oc3ccccc32)ccc1C(C)C. The van der Waals surface area contributed by atoms with Gasteiger partial charge in [0.1, 0.15) is 11.9 Å². The van der Waals surface area contributed by atoms with E-state index in [0.717, 1.165) is 25.3 Å². The van der Waals surface area contributed by atoms with Crippen molar-refractivity contribution in [1.82, 2.24) is 5.32 Å². The van der Waals surface area contributed by atoms with E-state index in [1.165, 1.54) is 38.6 Å². The third-order valence-electron chi connectivity index (χ3n) is 6.97. The first kappa shape index (κ1) is 21.7. The van der Waals surface area contributed by atoms with Gasteiger partial charge in [-0.15, -0.1) is 0 Å². The molecule has 0 fully saturated rings. The Bertz CT molecular complexity index is 1250. The molecule has 0 saturated heterocycles. The average Bonchev–Trinajstić information content (AvgIpc) is 2.83. The van der Waals surface area contributed by atoms with Gasteiger partial charge in [-0.2, -0.15) is 0 Å². The molecule has 2 unspecified atom stereocenters. The molecule has 1 N–H and O–H groups in total. The predicted molar refractivity (Wildman–Crippen MR) is 138 cm³/mol. The van der Waals surface area contributed by atoms with Crippen molar-refractivity contribution in [2.24, 2.45) is 0 Å². The van der Waals surface area contributed by atoms with E-state index >= 15 is 0 Å². The van der Waals surface area contributed by atoms with Crippen LogP contribution in [0, 0.1) is 6.92 Å². The lowest BCUT2D eigenvalue weighted by Gasteiger charge is -2.33. The van der Waals surface area contributed by atoms with E-state index in [2.05, 4.69) is 111 Å². The van der Waals surface area contributed by atoms with Gasteiger partial charge >= 0.3 is 0 Å². The van der Waals surface area contributed by atoms with Gasteiger partial charge in [-0.1, -0.05) is 92.7 Å². The van der Waals surface area contributed by atoms with Crippen molar-refractivity contribution in [2.45, 2.75) is 51.7 Å². The van der Waals surface area contributed by atoms with E-state index < -0.39 is 0 Å². The van der Waals surface area contributed by atoms with Crippen LogP contribution < -0.4 is 10.1 Å². The van der Waals surface area contributed by atoms with Gasteiger partial charge < -0.3 is 10.1 Å². The maximum atomic E-state index is 6.44. The molecule has 0 amide bonds. The number of aryl methyl sites for hydroxylation is 1. The summed E-state index contributed by atoms with van der Waals surface area (Å²) in [7, 11) is 0. The van der Waals surface area contributed by atoms with Crippen LogP contribution >= 0.6 is 0 Å². The standard InChI is InChI=1S/C31H33NO/c1-21(2)27-16-15-24(17-22(27)3)30-18-26(33-31-14-7-6-13-29(30)31)20-32-19-25-11-8-10-23-9-4-5-12-28(23)25/h4-17,21,26,30,32H,18-20H2,1-3H3. The van der Waals surface area contributed by atoms with Crippen molar-refractivity contribution in [3.05, 3.63) is 113 Å². The van der Waals surface area contributed by atoms with Gasteiger partial charge in [0, 0.05) is 24.6 Å². The number of benzene rings is 4. The van der Waals surface area contributed by atoms with Crippen molar-refractivity contribution < 1.29 is 4.74 Å². The van der Waals surface area contributed by atoms with Gasteiger partial charge in [0.25, 0.3) is 0 Å². The zero-order valence-electron chi connectivity index (χ0n) is 19.8. The maximum Gasteiger partial charge on any atom is 0.123 e. The summed E-state index contributed by atoms with van der Waals surface area (Å²) in [6, 6.07) is 30.7. The minimum absolute atomic E-state index is 0.143. The van der Waals surface area contributed by atoms with Gasteiger partial charge in [-0.3, -0.25) is 0 Å². The number of ether oxygens (including phenoxy) is 1. The Kier molecular flexibility index (Phi) is 6.20. The number of hydrogen-bond donors (Lipinski definition) is 1.